The average Bonchev–Trinajstić information content (AvgIpc) is 2.41. The molecule has 1 rings (SSSR count). The van der Waals surface area contributed by atoms with Crippen LogP contribution in [0.3, 0.4) is 0 Å². The van der Waals surface area contributed by atoms with E-state index >= 15 is 0 Å². The zero-order valence-corrected chi connectivity index (χ0v) is 12.9. The molecule has 0 unspecified atom stereocenters. The molecule has 1 aromatic rings. The highest BCUT2D eigenvalue weighted by molar-refractivity contribution is 6.37. The number of pyridine rings is 1. The zero-order chi connectivity index (χ0) is 15.0. The van der Waals surface area contributed by atoms with Crippen molar-refractivity contribution in [3.8, 4) is 0 Å². The zero-order valence-electron chi connectivity index (χ0n) is 11.4. The predicted octanol–water partition coefficient (Wildman–Crippen LogP) is 1.99. The molecule has 112 valence electrons. The highest BCUT2D eigenvalue weighted by Crippen LogP contribution is 2.28. The minimum absolute atomic E-state index is 0.0616. The van der Waals surface area contributed by atoms with Gasteiger partial charge in [-0.25, -0.2) is 4.98 Å². The molecule has 0 radical (unpaired) electrons. The van der Waals surface area contributed by atoms with Gasteiger partial charge in [0.25, 0.3) is 0 Å². The smallest absolute Gasteiger partial charge is 0.221 e. The number of nitrogens with one attached hydrogen (secondary N) is 3. The van der Waals surface area contributed by atoms with Gasteiger partial charge in [-0.2, -0.15) is 0 Å². The molecule has 0 aliphatic rings. The molecule has 0 aliphatic heterocycles. The van der Waals surface area contributed by atoms with E-state index in [9.17, 15) is 4.79 Å². The number of hydrogen-bond acceptors (Lipinski definition) is 5. The summed E-state index contributed by atoms with van der Waals surface area (Å²) in [6.45, 7) is 1.42. The Morgan fingerprint density at radius 1 is 1.30 bits per heavy atom. The van der Waals surface area contributed by atoms with Crippen LogP contribution in [0, 0.1) is 0 Å². The molecule has 0 bridgehead atoms. The van der Waals surface area contributed by atoms with Crippen molar-refractivity contribution in [2.24, 2.45) is 0 Å². The molecule has 0 aliphatic carbocycles. The van der Waals surface area contributed by atoms with Gasteiger partial charge in [0.05, 0.1) is 16.7 Å². The highest BCUT2D eigenvalue weighted by Gasteiger charge is 2.08. The second kappa shape index (κ2) is 8.84. The van der Waals surface area contributed by atoms with Crippen molar-refractivity contribution in [2.75, 3.05) is 44.5 Å². The van der Waals surface area contributed by atoms with Crippen LogP contribution in [0.25, 0.3) is 0 Å². The molecular weight excluding hydrogens is 303 g/mol. The lowest BCUT2D eigenvalue weighted by molar-refractivity contribution is -0.121. The van der Waals surface area contributed by atoms with Crippen LogP contribution >= 0.6 is 23.2 Å². The van der Waals surface area contributed by atoms with Crippen LogP contribution in [0.2, 0.25) is 10.0 Å². The van der Waals surface area contributed by atoms with E-state index in [0.717, 1.165) is 0 Å². The van der Waals surface area contributed by atoms with Crippen molar-refractivity contribution >= 4 is 40.7 Å². The summed E-state index contributed by atoms with van der Waals surface area (Å²) in [7, 11) is 3.30. The first-order valence-corrected chi connectivity index (χ1v) is 6.87. The number of rotatable bonds is 8. The summed E-state index contributed by atoms with van der Waals surface area (Å²) in [5.74, 6) is 0.960. The van der Waals surface area contributed by atoms with Crippen molar-refractivity contribution in [1.29, 1.82) is 0 Å². The number of nitrogens with zero attached hydrogens (tertiary/aromatic N) is 1. The lowest BCUT2D eigenvalue weighted by Crippen LogP contribution is -2.28. The SMILES string of the molecule is CNc1nc(NCCC(=O)NCCOC)c(Cl)cc1Cl. The highest BCUT2D eigenvalue weighted by atomic mass is 35.5. The van der Waals surface area contributed by atoms with Gasteiger partial charge in [-0.1, -0.05) is 23.2 Å². The van der Waals surface area contributed by atoms with Crippen LogP contribution in [-0.4, -0.2) is 44.7 Å². The summed E-state index contributed by atoms with van der Waals surface area (Å²) in [5.41, 5.74) is 0. The normalized spacial score (nSPS) is 10.2. The molecule has 0 fully saturated rings. The third-order valence-electron chi connectivity index (χ3n) is 2.44. The van der Waals surface area contributed by atoms with Gasteiger partial charge in [-0.05, 0) is 6.07 Å². The Bertz CT molecular complexity index is 457. The maximum absolute atomic E-state index is 11.5. The van der Waals surface area contributed by atoms with Crippen LogP contribution in [-0.2, 0) is 9.53 Å². The van der Waals surface area contributed by atoms with E-state index in [1.165, 1.54) is 0 Å². The number of halogens is 2. The molecule has 0 atom stereocenters. The number of hydrogen-bond donors (Lipinski definition) is 3. The Hall–Kier alpha value is -1.24. The Balaban J connectivity index is 2.44. The van der Waals surface area contributed by atoms with Gasteiger partial charge in [0, 0.05) is 33.7 Å². The lowest BCUT2D eigenvalue weighted by atomic mass is 10.3. The Labute approximate surface area is 128 Å². The van der Waals surface area contributed by atoms with Gasteiger partial charge in [0.2, 0.25) is 5.91 Å². The number of aromatic nitrogens is 1. The third-order valence-corrected chi connectivity index (χ3v) is 3.02. The number of amides is 1. The Morgan fingerprint density at radius 3 is 2.65 bits per heavy atom. The van der Waals surface area contributed by atoms with Gasteiger partial charge in [0.15, 0.2) is 0 Å². The molecule has 6 nitrogen and oxygen atoms in total. The van der Waals surface area contributed by atoms with Crippen LogP contribution in [0.4, 0.5) is 11.6 Å². The fourth-order valence-corrected chi connectivity index (χ4v) is 1.96. The quantitative estimate of drug-likeness (QED) is 0.639. The van der Waals surface area contributed by atoms with E-state index in [-0.39, 0.29) is 5.91 Å². The summed E-state index contributed by atoms with van der Waals surface area (Å²) in [4.78, 5) is 15.7. The minimum atomic E-state index is -0.0616. The van der Waals surface area contributed by atoms with Crippen molar-refractivity contribution in [3.05, 3.63) is 16.1 Å². The van der Waals surface area contributed by atoms with E-state index in [0.29, 0.717) is 47.8 Å². The summed E-state index contributed by atoms with van der Waals surface area (Å²) in [5, 5.41) is 9.44. The summed E-state index contributed by atoms with van der Waals surface area (Å²) in [6.07, 6.45) is 0.319. The van der Waals surface area contributed by atoms with E-state index in [1.807, 2.05) is 0 Å². The van der Waals surface area contributed by atoms with E-state index in [1.54, 1.807) is 20.2 Å². The molecule has 3 N–H and O–H groups in total. The standard InChI is InChI=1S/C12H18Cl2N4O2/c1-15-11-8(13)7-9(14)12(18-11)17-4-3-10(19)16-5-6-20-2/h7H,3-6H2,1-2H3,(H,16,19)(H2,15,17,18). The third kappa shape index (κ3) is 5.40. The first-order valence-electron chi connectivity index (χ1n) is 6.11. The first kappa shape index (κ1) is 16.8. The van der Waals surface area contributed by atoms with Crippen molar-refractivity contribution < 1.29 is 9.53 Å². The maximum Gasteiger partial charge on any atom is 0.221 e. The number of carbonyl (C=O) groups excluding carboxylic acids is 1. The van der Waals surface area contributed by atoms with Gasteiger partial charge in [-0.15, -0.1) is 0 Å². The monoisotopic (exact) mass is 320 g/mol. The second-order valence-electron chi connectivity index (χ2n) is 3.92. The molecule has 1 amide bonds. The van der Waals surface area contributed by atoms with Gasteiger partial charge in [0.1, 0.15) is 11.6 Å². The largest absolute Gasteiger partial charge is 0.383 e. The molecule has 20 heavy (non-hydrogen) atoms. The maximum atomic E-state index is 11.5. The Kier molecular flexibility index (Phi) is 7.43. The second-order valence-corrected chi connectivity index (χ2v) is 4.73. The number of carbonyl (C=O) groups is 1. The van der Waals surface area contributed by atoms with Crippen molar-refractivity contribution in [2.45, 2.75) is 6.42 Å². The summed E-state index contributed by atoms with van der Waals surface area (Å²) >= 11 is 12.0. The molecule has 0 spiro atoms. The van der Waals surface area contributed by atoms with Crippen LogP contribution in [0.5, 0.6) is 0 Å². The average molecular weight is 321 g/mol. The topological polar surface area (TPSA) is 75.3 Å². The Morgan fingerprint density at radius 2 is 2.00 bits per heavy atom. The number of methoxy groups -OCH3 is 1. The predicted molar refractivity (Wildman–Crippen MR) is 81.8 cm³/mol. The van der Waals surface area contributed by atoms with Gasteiger partial charge in [-0.3, -0.25) is 4.79 Å². The van der Waals surface area contributed by atoms with Crippen LogP contribution in [0.1, 0.15) is 6.42 Å². The van der Waals surface area contributed by atoms with Crippen LogP contribution in [0.15, 0.2) is 6.07 Å². The molecule has 0 saturated carbocycles. The summed E-state index contributed by atoms with van der Waals surface area (Å²) in [6, 6.07) is 1.60. The number of anilines is 2. The van der Waals surface area contributed by atoms with Gasteiger partial charge >= 0.3 is 0 Å². The van der Waals surface area contributed by atoms with Crippen LogP contribution < -0.4 is 16.0 Å². The minimum Gasteiger partial charge on any atom is -0.383 e. The molecular formula is C12H18Cl2N4O2. The fourth-order valence-electron chi connectivity index (χ4n) is 1.44. The van der Waals surface area contributed by atoms with Crippen molar-refractivity contribution in [3.63, 3.8) is 0 Å². The molecule has 1 heterocycles. The summed E-state index contributed by atoms with van der Waals surface area (Å²) < 4.78 is 4.84. The fraction of sp³-hybridized carbons (Fsp3) is 0.500. The molecule has 0 saturated heterocycles. The molecule has 0 aromatic carbocycles. The van der Waals surface area contributed by atoms with E-state index in [4.69, 9.17) is 27.9 Å². The lowest BCUT2D eigenvalue weighted by Gasteiger charge is -2.10. The van der Waals surface area contributed by atoms with Gasteiger partial charge < -0.3 is 20.7 Å². The molecule has 8 heteroatoms. The van der Waals surface area contributed by atoms with Crippen molar-refractivity contribution in [1.82, 2.24) is 10.3 Å². The van der Waals surface area contributed by atoms with E-state index < -0.39 is 0 Å². The molecule has 1 aromatic heterocycles. The van der Waals surface area contributed by atoms with E-state index in [2.05, 4.69) is 20.9 Å². The number of ether oxygens (including phenoxy) is 1. The first-order chi connectivity index (χ1) is 9.58.